The normalized spacial score (nSPS) is 13.9. The third kappa shape index (κ3) is 9.54. The Kier molecular flexibility index (Phi) is 13.3. The SMILES string of the molecule is CCCCC(CC)COC(=O)C(C)S.[SnH4]. The van der Waals surface area contributed by atoms with Gasteiger partial charge in [-0.1, -0.05) is 33.1 Å². The van der Waals surface area contributed by atoms with E-state index in [0.29, 0.717) is 12.5 Å². The van der Waals surface area contributed by atoms with Crippen molar-refractivity contribution in [3.63, 3.8) is 0 Å². The van der Waals surface area contributed by atoms with Gasteiger partial charge < -0.3 is 4.74 Å². The molecule has 0 N–H and O–H groups in total. The van der Waals surface area contributed by atoms with Gasteiger partial charge in [-0.05, 0) is 19.3 Å². The van der Waals surface area contributed by atoms with Gasteiger partial charge in [0.15, 0.2) is 0 Å². The Balaban J connectivity index is 0. The third-order valence-corrected chi connectivity index (χ3v) is 2.56. The molecule has 92 valence electrons. The molecule has 2 atom stereocenters. The van der Waals surface area contributed by atoms with Gasteiger partial charge in [0.2, 0.25) is 0 Å². The van der Waals surface area contributed by atoms with E-state index in [4.69, 9.17) is 4.74 Å². The molecule has 0 aromatic carbocycles. The average molecular weight is 341 g/mol. The summed E-state index contributed by atoms with van der Waals surface area (Å²) in [6.07, 6.45) is 4.65. The van der Waals surface area contributed by atoms with Crippen LogP contribution in [-0.4, -0.2) is 41.7 Å². The quantitative estimate of drug-likeness (QED) is 0.433. The van der Waals surface area contributed by atoms with Crippen LogP contribution in [0.2, 0.25) is 0 Å². The summed E-state index contributed by atoms with van der Waals surface area (Å²) in [5.74, 6) is 0.314. The molecule has 4 heteroatoms. The number of esters is 1. The summed E-state index contributed by atoms with van der Waals surface area (Å²) in [6, 6.07) is 0. The number of thiol groups is 1. The molecule has 15 heavy (non-hydrogen) atoms. The number of ether oxygens (including phenoxy) is 1. The Bertz CT molecular complexity index is 163. The van der Waals surface area contributed by atoms with E-state index in [1.54, 1.807) is 6.92 Å². The molecule has 0 aromatic heterocycles. The van der Waals surface area contributed by atoms with Crippen molar-refractivity contribution in [2.45, 2.75) is 51.7 Å². The van der Waals surface area contributed by atoms with Crippen molar-refractivity contribution in [3.8, 4) is 0 Å². The van der Waals surface area contributed by atoms with Crippen molar-refractivity contribution in [1.82, 2.24) is 0 Å². The van der Waals surface area contributed by atoms with Gasteiger partial charge in [-0.3, -0.25) is 4.79 Å². The standard InChI is InChI=1S/C11H22O2S.Sn.4H/c1-4-6-7-10(5-2)8-13-11(12)9(3)14;;;;;/h9-10,14H,4-8H2,1-3H3;;;;;. The summed E-state index contributed by atoms with van der Waals surface area (Å²) < 4.78 is 5.14. The van der Waals surface area contributed by atoms with Gasteiger partial charge in [0.05, 0.1) is 11.9 Å². The zero-order valence-electron chi connectivity index (χ0n) is 9.45. The van der Waals surface area contributed by atoms with Crippen molar-refractivity contribution < 1.29 is 9.53 Å². The minimum absolute atomic E-state index is 0. The summed E-state index contributed by atoms with van der Waals surface area (Å²) in [6.45, 7) is 6.60. The van der Waals surface area contributed by atoms with Gasteiger partial charge >= 0.3 is 29.9 Å². The fraction of sp³-hybridized carbons (Fsp3) is 0.909. The zero-order valence-corrected chi connectivity index (χ0v) is 10.3. The monoisotopic (exact) mass is 342 g/mol. The van der Waals surface area contributed by atoms with Crippen LogP contribution in [-0.2, 0) is 9.53 Å². The van der Waals surface area contributed by atoms with E-state index in [2.05, 4.69) is 26.5 Å². The first kappa shape index (κ1) is 18.0. The molecule has 0 rings (SSSR count). The summed E-state index contributed by atoms with van der Waals surface area (Å²) in [5.41, 5.74) is 0. The summed E-state index contributed by atoms with van der Waals surface area (Å²) in [4.78, 5) is 11.1. The Labute approximate surface area is 116 Å². The number of carbonyl (C=O) groups excluding carboxylic acids is 1. The number of unbranched alkanes of at least 4 members (excludes halogenated alkanes) is 1. The number of hydrogen-bond acceptors (Lipinski definition) is 3. The second-order valence-corrected chi connectivity index (χ2v) is 4.50. The molecule has 0 heterocycles. The zero-order chi connectivity index (χ0) is 11.0. The molecule has 0 aliphatic heterocycles. The van der Waals surface area contributed by atoms with E-state index in [1.165, 1.54) is 12.8 Å². The van der Waals surface area contributed by atoms with E-state index in [0.717, 1.165) is 12.8 Å². The second-order valence-electron chi connectivity index (χ2n) is 3.72. The Morgan fingerprint density at radius 2 is 2.00 bits per heavy atom. The first-order valence-corrected chi connectivity index (χ1v) is 5.98. The maximum atomic E-state index is 11.1. The first-order valence-electron chi connectivity index (χ1n) is 5.46. The van der Waals surface area contributed by atoms with Crippen LogP contribution in [0.25, 0.3) is 0 Å². The van der Waals surface area contributed by atoms with E-state index >= 15 is 0 Å². The third-order valence-electron chi connectivity index (χ3n) is 2.35. The van der Waals surface area contributed by atoms with Crippen molar-refractivity contribution >= 4 is 42.5 Å². The van der Waals surface area contributed by atoms with Crippen LogP contribution >= 0.6 is 12.6 Å². The fourth-order valence-corrected chi connectivity index (χ4v) is 1.29. The molecule has 0 bridgehead atoms. The molecule has 0 fully saturated rings. The fourth-order valence-electron chi connectivity index (χ4n) is 1.22. The van der Waals surface area contributed by atoms with Crippen LogP contribution in [0, 0.1) is 5.92 Å². The van der Waals surface area contributed by atoms with Gasteiger partial charge in [-0.25, -0.2) is 0 Å². The first-order chi connectivity index (χ1) is 6.61. The van der Waals surface area contributed by atoms with Crippen molar-refractivity contribution in [3.05, 3.63) is 0 Å². The average Bonchev–Trinajstić information content (AvgIpc) is 2.17. The van der Waals surface area contributed by atoms with E-state index in [9.17, 15) is 4.79 Å². The summed E-state index contributed by atoms with van der Waals surface area (Å²) in [7, 11) is 0. The van der Waals surface area contributed by atoms with Crippen molar-refractivity contribution in [2.75, 3.05) is 6.61 Å². The predicted octanol–water partition coefficient (Wildman–Crippen LogP) is 1.61. The Morgan fingerprint density at radius 3 is 2.40 bits per heavy atom. The van der Waals surface area contributed by atoms with Crippen molar-refractivity contribution in [2.24, 2.45) is 5.92 Å². The number of carbonyl (C=O) groups is 1. The molecule has 0 saturated heterocycles. The molecule has 0 radical (unpaired) electrons. The number of rotatable bonds is 7. The van der Waals surface area contributed by atoms with Gasteiger partial charge in [0.25, 0.3) is 0 Å². The molecule has 2 unspecified atom stereocenters. The van der Waals surface area contributed by atoms with Gasteiger partial charge in [0.1, 0.15) is 0 Å². The molecule has 0 amide bonds. The van der Waals surface area contributed by atoms with Crippen LogP contribution in [0.3, 0.4) is 0 Å². The van der Waals surface area contributed by atoms with Crippen LogP contribution in [0.5, 0.6) is 0 Å². The predicted molar refractivity (Wildman–Crippen MR) is 74.0 cm³/mol. The van der Waals surface area contributed by atoms with Crippen LogP contribution in [0.15, 0.2) is 0 Å². The minimum atomic E-state index is -0.307. The van der Waals surface area contributed by atoms with Gasteiger partial charge in [0, 0.05) is 0 Å². The second kappa shape index (κ2) is 11.1. The molecular formula is C11H26O2SSn. The van der Waals surface area contributed by atoms with Crippen LogP contribution in [0.1, 0.15) is 46.5 Å². The maximum absolute atomic E-state index is 11.1. The number of hydrogen-bond donors (Lipinski definition) is 1. The summed E-state index contributed by atoms with van der Waals surface area (Å²) in [5, 5.41) is -0.307. The van der Waals surface area contributed by atoms with Crippen molar-refractivity contribution in [1.29, 1.82) is 0 Å². The van der Waals surface area contributed by atoms with Crippen LogP contribution in [0.4, 0.5) is 0 Å². The molecule has 0 aliphatic rings. The Hall–Kier alpha value is 0.619. The molecular weight excluding hydrogens is 315 g/mol. The molecule has 0 aliphatic carbocycles. The molecule has 0 spiro atoms. The van der Waals surface area contributed by atoms with Gasteiger partial charge in [-0.2, -0.15) is 12.6 Å². The molecule has 2 nitrogen and oxygen atoms in total. The van der Waals surface area contributed by atoms with E-state index in [1.807, 2.05) is 0 Å². The van der Waals surface area contributed by atoms with Gasteiger partial charge in [-0.15, -0.1) is 0 Å². The van der Waals surface area contributed by atoms with Crippen LogP contribution < -0.4 is 0 Å². The molecule has 0 aromatic rings. The topological polar surface area (TPSA) is 26.3 Å². The Morgan fingerprint density at radius 1 is 1.40 bits per heavy atom. The summed E-state index contributed by atoms with van der Waals surface area (Å²) >= 11 is 4.02. The van der Waals surface area contributed by atoms with E-state index < -0.39 is 0 Å². The molecule has 0 saturated carbocycles. The van der Waals surface area contributed by atoms with E-state index in [-0.39, 0.29) is 35.1 Å².